The van der Waals surface area contributed by atoms with Crippen molar-refractivity contribution in [1.29, 1.82) is 0 Å². The molecule has 1 aromatic carbocycles. The molecule has 140 valence electrons. The highest BCUT2D eigenvalue weighted by atomic mass is 32.2. The van der Waals surface area contributed by atoms with Crippen molar-refractivity contribution in [2.45, 2.75) is 50.3 Å². The average Bonchev–Trinajstić information content (AvgIpc) is 2.62. The normalized spacial score (nSPS) is 15.9. The fourth-order valence-electron chi connectivity index (χ4n) is 2.93. The Labute approximate surface area is 150 Å². The minimum Gasteiger partial charge on any atom is -0.382 e. The van der Waals surface area contributed by atoms with Crippen molar-refractivity contribution < 1.29 is 17.9 Å². The van der Waals surface area contributed by atoms with Gasteiger partial charge in [0, 0.05) is 31.4 Å². The highest BCUT2D eigenvalue weighted by molar-refractivity contribution is 7.89. The van der Waals surface area contributed by atoms with E-state index < -0.39 is 10.0 Å². The van der Waals surface area contributed by atoms with Gasteiger partial charge in [0.25, 0.3) is 0 Å². The SMILES string of the molecule is CCOCCCNS(=O)(=O)c1ccc(NC(=O)C2CCCCC2)cc1. The second-order valence-electron chi connectivity index (χ2n) is 6.30. The van der Waals surface area contributed by atoms with Crippen molar-refractivity contribution in [3.05, 3.63) is 24.3 Å². The van der Waals surface area contributed by atoms with E-state index >= 15 is 0 Å². The van der Waals surface area contributed by atoms with E-state index in [9.17, 15) is 13.2 Å². The van der Waals surface area contributed by atoms with E-state index in [1.54, 1.807) is 12.1 Å². The second-order valence-corrected chi connectivity index (χ2v) is 8.06. The quantitative estimate of drug-likeness (QED) is 0.657. The van der Waals surface area contributed by atoms with Gasteiger partial charge in [0.2, 0.25) is 15.9 Å². The second kappa shape index (κ2) is 9.89. The molecule has 1 fully saturated rings. The zero-order chi connectivity index (χ0) is 18.1. The number of hydrogen-bond donors (Lipinski definition) is 2. The summed E-state index contributed by atoms with van der Waals surface area (Å²) in [5.41, 5.74) is 0.630. The van der Waals surface area contributed by atoms with E-state index in [2.05, 4.69) is 10.0 Å². The molecule has 0 bridgehead atoms. The van der Waals surface area contributed by atoms with Gasteiger partial charge in [-0.05, 0) is 50.5 Å². The van der Waals surface area contributed by atoms with Crippen LogP contribution in [0.5, 0.6) is 0 Å². The number of sulfonamides is 1. The number of hydrogen-bond acceptors (Lipinski definition) is 4. The Morgan fingerprint density at radius 3 is 2.48 bits per heavy atom. The van der Waals surface area contributed by atoms with Gasteiger partial charge in [0.15, 0.2) is 0 Å². The molecule has 0 aliphatic heterocycles. The smallest absolute Gasteiger partial charge is 0.240 e. The molecule has 1 aromatic rings. The van der Waals surface area contributed by atoms with Gasteiger partial charge in [-0.2, -0.15) is 0 Å². The summed E-state index contributed by atoms with van der Waals surface area (Å²) in [6.45, 7) is 3.40. The van der Waals surface area contributed by atoms with Crippen LogP contribution in [-0.4, -0.2) is 34.1 Å². The first kappa shape index (κ1) is 19.9. The Morgan fingerprint density at radius 1 is 1.16 bits per heavy atom. The third kappa shape index (κ3) is 6.41. The van der Waals surface area contributed by atoms with Crippen molar-refractivity contribution in [3.63, 3.8) is 0 Å². The Balaban J connectivity index is 1.86. The van der Waals surface area contributed by atoms with Gasteiger partial charge in [0.1, 0.15) is 0 Å². The topological polar surface area (TPSA) is 84.5 Å². The molecule has 0 atom stereocenters. The van der Waals surface area contributed by atoms with Crippen LogP contribution in [-0.2, 0) is 19.6 Å². The first-order valence-corrected chi connectivity index (χ1v) is 10.5. The number of ether oxygens (including phenoxy) is 1. The van der Waals surface area contributed by atoms with Crippen LogP contribution in [0.1, 0.15) is 45.4 Å². The first-order valence-electron chi connectivity index (χ1n) is 9.01. The molecule has 25 heavy (non-hydrogen) atoms. The molecule has 7 heteroatoms. The number of carbonyl (C=O) groups excluding carboxylic acids is 1. The lowest BCUT2D eigenvalue weighted by molar-refractivity contribution is -0.120. The molecule has 1 amide bonds. The molecule has 1 aliphatic carbocycles. The maximum atomic E-state index is 12.2. The van der Waals surface area contributed by atoms with Gasteiger partial charge < -0.3 is 10.1 Å². The van der Waals surface area contributed by atoms with Gasteiger partial charge >= 0.3 is 0 Å². The maximum absolute atomic E-state index is 12.2. The zero-order valence-electron chi connectivity index (χ0n) is 14.8. The van der Waals surface area contributed by atoms with Crippen LogP contribution < -0.4 is 10.0 Å². The van der Waals surface area contributed by atoms with E-state index in [1.165, 1.54) is 18.6 Å². The number of rotatable bonds is 9. The molecule has 0 radical (unpaired) electrons. The van der Waals surface area contributed by atoms with Crippen molar-refractivity contribution in [2.75, 3.05) is 25.1 Å². The maximum Gasteiger partial charge on any atom is 0.240 e. The predicted molar refractivity (Wildman–Crippen MR) is 97.9 cm³/mol. The largest absolute Gasteiger partial charge is 0.382 e. The lowest BCUT2D eigenvalue weighted by atomic mass is 9.88. The van der Waals surface area contributed by atoms with Crippen molar-refractivity contribution in [3.8, 4) is 0 Å². The Morgan fingerprint density at radius 2 is 1.84 bits per heavy atom. The third-order valence-electron chi connectivity index (χ3n) is 4.37. The zero-order valence-corrected chi connectivity index (χ0v) is 15.6. The standard InChI is InChI=1S/C18H28N2O4S/c1-2-24-14-6-13-19-25(22,23)17-11-9-16(10-12-17)20-18(21)15-7-4-3-5-8-15/h9-12,15,19H,2-8,13-14H2,1H3,(H,20,21). The molecule has 2 N–H and O–H groups in total. The highest BCUT2D eigenvalue weighted by Crippen LogP contribution is 2.25. The summed E-state index contributed by atoms with van der Waals surface area (Å²) >= 11 is 0. The van der Waals surface area contributed by atoms with E-state index in [0.717, 1.165) is 25.7 Å². The van der Waals surface area contributed by atoms with Crippen LogP contribution in [0.4, 0.5) is 5.69 Å². The number of benzene rings is 1. The van der Waals surface area contributed by atoms with Crippen LogP contribution in [0, 0.1) is 5.92 Å². The van der Waals surface area contributed by atoms with E-state index in [4.69, 9.17) is 4.74 Å². The Bertz CT molecular complexity index is 638. The van der Waals surface area contributed by atoms with Gasteiger partial charge in [0.05, 0.1) is 4.90 Å². The Hall–Kier alpha value is -1.44. The number of nitrogens with one attached hydrogen (secondary N) is 2. The molecule has 1 saturated carbocycles. The van der Waals surface area contributed by atoms with Gasteiger partial charge in [-0.1, -0.05) is 19.3 Å². The predicted octanol–water partition coefficient (Wildman–Crippen LogP) is 2.91. The molecule has 1 aliphatic rings. The van der Waals surface area contributed by atoms with E-state index in [0.29, 0.717) is 31.9 Å². The van der Waals surface area contributed by atoms with Crippen LogP contribution in [0.15, 0.2) is 29.2 Å². The molecule has 2 rings (SSSR count). The third-order valence-corrected chi connectivity index (χ3v) is 5.85. The fourth-order valence-corrected chi connectivity index (χ4v) is 4.01. The monoisotopic (exact) mass is 368 g/mol. The summed E-state index contributed by atoms with van der Waals surface area (Å²) in [6.07, 6.45) is 5.90. The molecular weight excluding hydrogens is 340 g/mol. The number of anilines is 1. The Kier molecular flexibility index (Phi) is 7.87. The van der Waals surface area contributed by atoms with Crippen molar-refractivity contribution in [1.82, 2.24) is 4.72 Å². The lowest BCUT2D eigenvalue weighted by Gasteiger charge is -2.20. The summed E-state index contributed by atoms with van der Waals surface area (Å²) in [4.78, 5) is 12.4. The average molecular weight is 368 g/mol. The van der Waals surface area contributed by atoms with Crippen molar-refractivity contribution in [2.24, 2.45) is 5.92 Å². The highest BCUT2D eigenvalue weighted by Gasteiger charge is 2.21. The van der Waals surface area contributed by atoms with Gasteiger partial charge in [-0.15, -0.1) is 0 Å². The first-order chi connectivity index (χ1) is 12.0. The number of carbonyl (C=O) groups is 1. The van der Waals surface area contributed by atoms with Gasteiger partial charge in [-0.25, -0.2) is 13.1 Å². The van der Waals surface area contributed by atoms with Crippen LogP contribution in [0.2, 0.25) is 0 Å². The van der Waals surface area contributed by atoms with Crippen LogP contribution >= 0.6 is 0 Å². The molecule has 0 spiro atoms. The van der Waals surface area contributed by atoms with Crippen LogP contribution in [0.3, 0.4) is 0 Å². The minimum absolute atomic E-state index is 0.0318. The molecular formula is C18H28N2O4S. The lowest BCUT2D eigenvalue weighted by Crippen LogP contribution is -2.26. The van der Waals surface area contributed by atoms with Crippen molar-refractivity contribution >= 4 is 21.6 Å². The van der Waals surface area contributed by atoms with Gasteiger partial charge in [-0.3, -0.25) is 4.79 Å². The number of amides is 1. The van der Waals surface area contributed by atoms with E-state index in [1.807, 2.05) is 6.92 Å². The minimum atomic E-state index is -3.53. The molecule has 0 saturated heterocycles. The molecule has 6 nitrogen and oxygen atoms in total. The summed E-state index contributed by atoms with van der Waals surface area (Å²) in [5.74, 6) is 0.105. The molecule has 0 aromatic heterocycles. The fraction of sp³-hybridized carbons (Fsp3) is 0.611. The van der Waals surface area contributed by atoms with Crippen LogP contribution in [0.25, 0.3) is 0 Å². The van der Waals surface area contributed by atoms with E-state index in [-0.39, 0.29) is 16.7 Å². The summed E-state index contributed by atoms with van der Waals surface area (Å²) in [5, 5.41) is 2.89. The summed E-state index contributed by atoms with van der Waals surface area (Å²) in [6, 6.07) is 6.30. The summed E-state index contributed by atoms with van der Waals surface area (Å²) < 4.78 is 32.1. The molecule has 0 unspecified atom stereocenters. The molecule has 0 heterocycles. The summed E-state index contributed by atoms with van der Waals surface area (Å²) in [7, 11) is -3.53.